The largest absolute Gasteiger partial charge is 0.357 e. The number of aromatic nitrogens is 1. The molecule has 1 aliphatic carbocycles. The molecule has 3 rings (SSSR count). The van der Waals surface area contributed by atoms with Crippen molar-refractivity contribution in [2.24, 2.45) is 5.41 Å². The van der Waals surface area contributed by atoms with Crippen LogP contribution in [0, 0.1) is 5.41 Å². The van der Waals surface area contributed by atoms with Gasteiger partial charge in [-0.3, -0.25) is 0 Å². The molecule has 1 saturated heterocycles. The molecular formula is C18H29N3. The number of anilines is 1. The van der Waals surface area contributed by atoms with E-state index >= 15 is 0 Å². The zero-order chi connectivity index (χ0) is 14.5. The maximum atomic E-state index is 4.47. The molecule has 0 unspecified atom stereocenters. The minimum absolute atomic E-state index is 0.609. The van der Waals surface area contributed by atoms with Gasteiger partial charge < -0.3 is 10.2 Å². The molecule has 1 saturated carbocycles. The van der Waals surface area contributed by atoms with Crippen LogP contribution in [0.25, 0.3) is 0 Å². The van der Waals surface area contributed by atoms with Gasteiger partial charge >= 0.3 is 0 Å². The molecular weight excluding hydrogens is 258 g/mol. The number of hydrogen-bond acceptors (Lipinski definition) is 3. The molecule has 0 bridgehead atoms. The predicted molar refractivity (Wildman–Crippen MR) is 88.7 cm³/mol. The first-order valence-electron chi connectivity index (χ1n) is 8.71. The van der Waals surface area contributed by atoms with E-state index in [2.05, 4.69) is 34.3 Å². The predicted octanol–water partition coefficient (Wildman–Crippen LogP) is 3.61. The first-order valence-corrected chi connectivity index (χ1v) is 8.71. The molecule has 1 aromatic heterocycles. The smallest absolute Gasteiger partial charge is 0.128 e. The van der Waals surface area contributed by atoms with E-state index in [9.17, 15) is 0 Å². The van der Waals surface area contributed by atoms with Crippen molar-refractivity contribution in [2.75, 3.05) is 24.5 Å². The van der Waals surface area contributed by atoms with Crippen molar-refractivity contribution in [1.29, 1.82) is 0 Å². The van der Waals surface area contributed by atoms with E-state index in [0.717, 1.165) is 18.9 Å². The van der Waals surface area contributed by atoms with Gasteiger partial charge in [0.1, 0.15) is 5.82 Å². The van der Waals surface area contributed by atoms with E-state index in [4.69, 9.17) is 0 Å². The molecule has 1 aliphatic heterocycles. The van der Waals surface area contributed by atoms with Crippen LogP contribution in [0.1, 0.15) is 51.9 Å². The van der Waals surface area contributed by atoms with Crippen LogP contribution in [0.5, 0.6) is 0 Å². The fourth-order valence-electron chi connectivity index (χ4n) is 3.99. The highest BCUT2D eigenvalue weighted by Gasteiger charge is 2.32. The standard InChI is InChI=1S/C18H29N3/c1-2-18(10-4-5-11-18)15-20-16-8-13-21(14-9-16)17-7-3-6-12-19-17/h3,6-7,12,16,20H,2,4-5,8-11,13-15H2,1H3. The molecule has 2 heterocycles. The molecule has 116 valence electrons. The summed E-state index contributed by atoms with van der Waals surface area (Å²) >= 11 is 0. The second kappa shape index (κ2) is 6.78. The fraction of sp³-hybridized carbons (Fsp3) is 0.722. The lowest BCUT2D eigenvalue weighted by atomic mass is 9.83. The maximum absolute atomic E-state index is 4.47. The normalized spacial score (nSPS) is 22.6. The number of nitrogens with one attached hydrogen (secondary N) is 1. The van der Waals surface area contributed by atoms with E-state index in [1.54, 1.807) is 0 Å². The molecule has 2 aliphatic rings. The van der Waals surface area contributed by atoms with Crippen molar-refractivity contribution in [3.8, 4) is 0 Å². The number of hydrogen-bond donors (Lipinski definition) is 1. The third-order valence-corrected chi connectivity index (χ3v) is 5.65. The molecule has 0 atom stereocenters. The van der Waals surface area contributed by atoms with Gasteiger partial charge in [0.2, 0.25) is 0 Å². The molecule has 0 radical (unpaired) electrons. The molecule has 3 nitrogen and oxygen atoms in total. The highest BCUT2D eigenvalue weighted by Crippen LogP contribution is 2.40. The van der Waals surface area contributed by atoms with Crippen LogP contribution in [-0.4, -0.2) is 30.7 Å². The van der Waals surface area contributed by atoms with E-state index < -0.39 is 0 Å². The second-order valence-electron chi connectivity index (χ2n) is 6.89. The topological polar surface area (TPSA) is 28.2 Å². The molecule has 2 fully saturated rings. The summed E-state index contributed by atoms with van der Waals surface area (Å²) in [6, 6.07) is 6.90. The zero-order valence-electron chi connectivity index (χ0n) is 13.4. The Balaban J connectivity index is 1.46. The van der Waals surface area contributed by atoms with Crippen molar-refractivity contribution < 1.29 is 0 Å². The van der Waals surface area contributed by atoms with E-state index in [1.165, 1.54) is 51.5 Å². The Morgan fingerprint density at radius 1 is 1.24 bits per heavy atom. The Bertz CT molecular complexity index is 417. The Kier molecular flexibility index (Phi) is 4.79. The van der Waals surface area contributed by atoms with Gasteiger partial charge in [0, 0.05) is 31.9 Å². The molecule has 0 aromatic carbocycles. The van der Waals surface area contributed by atoms with Gasteiger partial charge in [0.25, 0.3) is 0 Å². The summed E-state index contributed by atoms with van der Waals surface area (Å²) in [6.45, 7) is 5.87. The highest BCUT2D eigenvalue weighted by molar-refractivity contribution is 5.38. The lowest BCUT2D eigenvalue weighted by Gasteiger charge is -2.36. The Morgan fingerprint density at radius 3 is 2.62 bits per heavy atom. The minimum atomic E-state index is 0.609. The van der Waals surface area contributed by atoms with E-state index in [0.29, 0.717) is 11.5 Å². The number of nitrogens with zero attached hydrogens (tertiary/aromatic N) is 2. The van der Waals surface area contributed by atoms with Gasteiger partial charge in [-0.1, -0.05) is 25.8 Å². The van der Waals surface area contributed by atoms with Crippen molar-refractivity contribution in [3.05, 3.63) is 24.4 Å². The van der Waals surface area contributed by atoms with Crippen LogP contribution in [0.15, 0.2) is 24.4 Å². The molecule has 0 amide bonds. The van der Waals surface area contributed by atoms with Crippen molar-refractivity contribution in [1.82, 2.24) is 10.3 Å². The van der Waals surface area contributed by atoms with Crippen LogP contribution in [0.2, 0.25) is 0 Å². The summed E-state index contributed by atoms with van der Waals surface area (Å²) in [5, 5.41) is 3.88. The van der Waals surface area contributed by atoms with Crippen LogP contribution < -0.4 is 10.2 Å². The Labute approximate surface area is 129 Å². The van der Waals surface area contributed by atoms with Crippen LogP contribution >= 0.6 is 0 Å². The molecule has 21 heavy (non-hydrogen) atoms. The summed E-state index contributed by atoms with van der Waals surface area (Å²) in [6.07, 6.45) is 11.5. The first kappa shape index (κ1) is 14.8. The summed E-state index contributed by atoms with van der Waals surface area (Å²) in [4.78, 5) is 6.89. The number of rotatable bonds is 5. The maximum Gasteiger partial charge on any atom is 0.128 e. The third-order valence-electron chi connectivity index (χ3n) is 5.65. The average Bonchev–Trinajstić information content (AvgIpc) is 3.04. The van der Waals surface area contributed by atoms with Gasteiger partial charge in [-0.25, -0.2) is 4.98 Å². The number of piperidine rings is 1. The van der Waals surface area contributed by atoms with Gasteiger partial charge in [-0.2, -0.15) is 0 Å². The summed E-state index contributed by atoms with van der Waals surface area (Å²) < 4.78 is 0. The quantitative estimate of drug-likeness (QED) is 0.896. The first-order chi connectivity index (χ1) is 10.3. The zero-order valence-corrected chi connectivity index (χ0v) is 13.4. The van der Waals surface area contributed by atoms with Crippen LogP contribution in [0.4, 0.5) is 5.82 Å². The molecule has 1 aromatic rings. The Hall–Kier alpha value is -1.09. The lowest BCUT2D eigenvalue weighted by Crippen LogP contribution is -2.45. The number of pyridine rings is 1. The van der Waals surface area contributed by atoms with Gasteiger partial charge in [0.15, 0.2) is 0 Å². The third kappa shape index (κ3) is 3.57. The fourth-order valence-corrected chi connectivity index (χ4v) is 3.99. The minimum Gasteiger partial charge on any atom is -0.357 e. The van der Waals surface area contributed by atoms with E-state index in [1.807, 2.05) is 12.3 Å². The lowest BCUT2D eigenvalue weighted by molar-refractivity contribution is 0.246. The van der Waals surface area contributed by atoms with Crippen LogP contribution in [0.3, 0.4) is 0 Å². The molecule has 0 spiro atoms. The SMILES string of the molecule is CCC1(CNC2CCN(c3ccccn3)CC2)CCCC1. The molecule has 1 N–H and O–H groups in total. The van der Waals surface area contributed by atoms with Gasteiger partial charge in [-0.15, -0.1) is 0 Å². The van der Waals surface area contributed by atoms with Crippen molar-refractivity contribution in [3.63, 3.8) is 0 Å². The van der Waals surface area contributed by atoms with E-state index in [-0.39, 0.29) is 0 Å². The van der Waals surface area contributed by atoms with Crippen LogP contribution in [-0.2, 0) is 0 Å². The second-order valence-corrected chi connectivity index (χ2v) is 6.89. The highest BCUT2D eigenvalue weighted by atomic mass is 15.2. The van der Waals surface area contributed by atoms with Crippen molar-refractivity contribution in [2.45, 2.75) is 57.9 Å². The van der Waals surface area contributed by atoms with Gasteiger partial charge in [-0.05, 0) is 49.7 Å². The van der Waals surface area contributed by atoms with Gasteiger partial charge in [0.05, 0.1) is 0 Å². The summed E-state index contributed by atoms with van der Waals surface area (Å²) in [7, 11) is 0. The van der Waals surface area contributed by atoms with Crippen molar-refractivity contribution >= 4 is 5.82 Å². The summed E-state index contributed by atoms with van der Waals surface area (Å²) in [5.74, 6) is 1.14. The monoisotopic (exact) mass is 287 g/mol. The Morgan fingerprint density at radius 2 is 2.00 bits per heavy atom. The average molecular weight is 287 g/mol. The summed E-state index contributed by atoms with van der Waals surface area (Å²) in [5.41, 5.74) is 0.609. The molecule has 3 heteroatoms.